The number of rotatable bonds is 2. The first-order valence-corrected chi connectivity index (χ1v) is 8.84. The lowest BCUT2D eigenvalue weighted by Gasteiger charge is -2.33. The number of hydrogen-bond donors (Lipinski definition) is 0. The summed E-state index contributed by atoms with van der Waals surface area (Å²) in [5.41, 5.74) is 0. The molecular formula is C8H15ClO4S2. The summed E-state index contributed by atoms with van der Waals surface area (Å²) in [4.78, 5) is 0. The predicted molar refractivity (Wildman–Crippen MR) is 60.2 cm³/mol. The monoisotopic (exact) mass is 274 g/mol. The minimum Gasteiger partial charge on any atom is -0.229 e. The third-order valence-corrected chi connectivity index (χ3v) is 7.66. The Bertz CT molecular complexity index is 421. The summed E-state index contributed by atoms with van der Waals surface area (Å²) in [7, 11) is -1.27. The van der Waals surface area contributed by atoms with Crippen LogP contribution < -0.4 is 0 Å². The molecule has 0 aromatic carbocycles. The van der Waals surface area contributed by atoms with Gasteiger partial charge in [0.25, 0.3) is 0 Å². The highest BCUT2D eigenvalue weighted by atomic mass is 35.7. The number of sulfone groups is 1. The molecule has 0 amide bonds. The van der Waals surface area contributed by atoms with E-state index < -0.39 is 23.6 Å². The van der Waals surface area contributed by atoms with Gasteiger partial charge in [0.05, 0.1) is 16.3 Å². The average molecular weight is 275 g/mol. The van der Waals surface area contributed by atoms with Gasteiger partial charge in [0.15, 0.2) is 0 Å². The minimum absolute atomic E-state index is 0.0630. The Hall–Kier alpha value is 0.190. The van der Waals surface area contributed by atoms with E-state index in [0.717, 1.165) is 0 Å². The van der Waals surface area contributed by atoms with Crippen molar-refractivity contribution in [3.8, 4) is 0 Å². The lowest BCUT2D eigenvalue weighted by atomic mass is 9.89. The summed E-state index contributed by atoms with van der Waals surface area (Å²) < 4.78 is 44.0. The second-order valence-electron chi connectivity index (χ2n) is 4.47. The van der Waals surface area contributed by atoms with Crippen LogP contribution in [0.1, 0.15) is 26.7 Å². The largest absolute Gasteiger partial charge is 0.238 e. The first kappa shape index (κ1) is 13.3. The third-order valence-electron chi connectivity index (χ3n) is 3.17. The normalized spacial score (nSPS) is 23.9. The molecule has 0 aromatic heterocycles. The van der Waals surface area contributed by atoms with Gasteiger partial charge in [0.2, 0.25) is 9.05 Å². The van der Waals surface area contributed by atoms with Gasteiger partial charge >= 0.3 is 0 Å². The fourth-order valence-corrected chi connectivity index (χ4v) is 4.29. The predicted octanol–water partition coefficient (Wildman–Crippen LogP) is 1.16. The molecule has 0 radical (unpaired) electrons. The van der Waals surface area contributed by atoms with Gasteiger partial charge in [-0.2, -0.15) is 0 Å². The van der Waals surface area contributed by atoms with E-state index in [0.29, 0.717) is 12.8 Å². The van der Waals surface area contributed by atoms with Crippen molar-refractivity contribution in [2.75, 3.05) is 11.5 Å². The van der Waals surface area contributed by atoms with Crippen LogP contribution in [0.3, 0.4) is 0 Å². The van der Waals surface area contributed by atoms with E-state index in [-0.39, 0.29) is 17.4 Å². The molecule has 4 nitrogen and oxygen atoms in total. The van der Waals surface area contributed by atoms with Gasteiger partial charge in [-0.05, 0) is 32.6 Å². The van der Waals surface area contributed by atoms with Crippen LogP contribution in [0.2, 0.25) is 0 Å². The Morgan fingerprint density at radius 2 is 1.60 bits per heavy atom. The molecule has 1 aliphatic heterocycles. The van der Waals surface area contributed by atoms with Crippen LogP contribution in [0.4, 0.5) is 0 Å². The van der Waals surface area contributed by atoms with Crippen molar-refractivity contribution in [3.05, 3.63) is 0 Å². The Morgan fingerprint density at radius 1 is 1.20 bits per heavy atom. The Kier molecular flexibility index (Phi) is 3.44. The molecule has 1 rings (SSSR count). The highest BCUT2D eigenvalue weighted by Gasteiger charge is 2.43. The van der Waals surface area contributed by atoms with Crippen molar-refractivity contribution in [1.29, 1.82) is 0 Å². The third kappa shape index (κ3) is 2.85. The molecule has 0 bridgehead atoms. The molecule has 0 atom stereocenters. The number of hydrogen-bond acceptors (Lipinski definition) is 4. The summed E-state index contributed by atoms with van der Waals surface area (Å²) in [6.45, 7) is 3.11. The van der Waals surface area contributed by atoms with E-state index in [9.17, 15) is 16.8 Å². The lowest BCUT2D eigenvalue weighted by molar-refractivity contribution is 0.368. The lowest BCUT2D eigenvalue weighted by Crippen LogP contribution is -2.41. The van der Waals surface area contributed by atoms with E-state index >= 15 is 0 Å². The fourth-order valence-electron chi connectivity index (χ4n) is 1.78. The van der Waals surface area contributed by atoms with Gasteiger partial charge in [0, 0.05) is 10.7 Å². The van der Waals surface area contributed by atoms with Gasteiger partial charge in [-0.3, -0.25) is 0 Å². The molecular weight excluding hydrogens is 260 g/mol. The molecule has 1 heterocycles. The maximum Gasteiger partial charge on any atom is 0.238 e. The Labute approximate surface area is 95.3 Å². The molecule has 0 saturated carbocycles. The summed E-state index contributed by atoms with van der Waals surface area (Å²) in [5.74, 6) is -0.0513. The van der Waals surface area contributed by atoms with E-state index in [4.69, 9.17) is 10.7 Å². The molecule has 1 fully saturated rings. The van der Waals surface area contributed by atoms with Crippen molar-refractivity contribution in [3.63, 3.8) is 0 Å². The molecule has 7 heteroatoms. The average Bonchev–Trinajstić information content (AvgIpc) is 2.01. The van der Waals surface area contributed by atoms with Gasteiger partial charge < -0.3 is 0 Å². The van der Waals surface area contributed by atoms with Gasteiger partial charge in [-0.1, -0.05) is 0 Å². The Balaban J connectivity index is 2.86. The fraction of sp³-hybridized carbons (Fsp3) is 1.00. The van der Waals surface area contributed by atoms with E-state index in [1.165, 1.54) is 0 Å². The first-order chi connectivity index (χ1) is 6.56. The van der Waals surface area contributed by atoms with Crippen LogP contribution in [0.25, 0.3) is 0 Å². The highest BCUT2D eigenvalue weighted by Crippen LogP contribution is 2.36. The second-order valence-corrected chi connectivity index (χ2v) is 9.92. The van der Waals surface area contributed by atoms with Crippen LogP contribution in [-0.2, 0) is 18.9 Å². The molecule has 90 valence electrons. The quantitative estimate of drug-likeness (QED) is 0.709. The summed E-state index contributed by atoms with van der Waals surface area (Å²) in [6, 6.07) is 0. The van der Waals surface area contributed by atoms with Gasteiger partial charge in [-0.15, -0.1) is 0 Å². The molecule has 0 aromatic rings. The van der Waals surface area contributed by atoms with Gasteiger partial charge in [-0.25, -0.2) is 16.8 Å². The molecule has 1 saturated heterocycles. The topological polar surface area (TPSA) is 68.3 Å². The Morgan fingerprint density at radius 3 is 1.93 bits per heavy atom. The molecule has 1 aliphatic rings. The van der Waals surface area contributed by atoms with Crippen LogP contribution in [0.15, 0.2) is 0 Å². The van der Waals surface area contributed by atoms with Crippen LogP contribution in [0.5, 0.6) is 0 Å². The maximum absolute atomic E-state index is 11.3. The minimum atomic E-state index is -3.66. The van der Waals surface area contributed by atoms with Gasteiger partial charge in [0.1, 0.15) is 9.84 Å². The van der Waals surface area contributed by atoms with E-state index in [2.05, 4.69) is 0 Å². The second kappa shape index (κ2) is 3.89. The summed E-state index contributed by atoms with van der Waals surface area (Å²) in [6.07, 6.45) is 0.753. The molecule has 15 heavy (non-hydrogen) atoms. The standard InChI is InChI=1S/C8H15ClO4S2/c1-8(2,15(9,12)13)7-3-5-14(10,11)6-4-7/h7H,3-6H2,1-2H3. The van der Waals surface area contributed by atoms with Crippen molar-refractivity contribution < 1.29 is 16.8 Å². The summed E-state index contributed by atoms with van der Waals surface area (Å²) >= 11 is 0. The van der Waals surface area contributed by atoms with E-state index in [1.54, 1.807) is 13.8 Å². The SMILES string of the molecule is CC(C)(C1CCS(=O)(=O)CC1)S(=O)(=O)Cl. The van der Waals surface area contributed by atoms with E-state index in [1.807, 2.05) is 0 Å². The van der Waals surface area contributed by atoms with Crippen LogP contribution in [-0.4, -0.2) is 33.1 Å². The van der Waals surface area contributed by atoms with Crippen molar-refractivity contribution in [1.82, 2.24) is 0 Å². The molecule has 0 unspecified atom stereocenters. The molecule has 0 N–H and O–H groups in total. The highest BCUT2D eigenvalue weighted by molar-refractivity contribution is 8.14. The molecule has 0 spiro atoms. The smallest absolute Gasteiger partial charge is 0.229 e. The van der Waals surface area contributed by atoms with Crippen molar-refractivity contribution in [2.24, 2.45) is 5.92 Å². The van der Waals surface area contributed by atoms with Crippen molar-refractivity contribution >= 4 is 29.6 Å². The van der Waals surface area contributed by atoms with Crippen LogP contribution >= 0.6 is 10.7 Å². The zero-order valence-corrected chi connectivity index (χ0v) is 11.1. The maximum atomic E-state index is 11.3. The van der Waals surface area contributed by atoms with Crippen LogP contribution in [0, 0.1) is 5.92 Å². The first-order valence-electron chi connectivity index (χ1n) is 4.71. The summed E-state index contributed by atoms with van der Waals surface area (Å²) in [5, 5.41) is 0. The number of halogens is 1. The molecule has 0 aliphatic carbocycles. The zero-order chi connectivity index (χ0) is 11.9. The van der Waals surface area contributed by atoms with Crippen molar-refractivity contribution in [2.45, 2.75) is 31.4 Å². The zero-order valence-electron chi connectivity index (χ0n) is 8.73.